The Kier molecular flexibility index (Phi) is 5.46. The SMILES string of the molecule is CC(C)n1cnn(CN2CCN(C(=O)OC(C)(C)C)CC2)c1=S. The van der Waals surface area contributed by atoms with Crippen molar-refractivity contribution in [3.63, 3.8) is 0 Å². The number of ether oxygens (including phenoxy) is 1. The number of carbonyl (C=O) groups is 1. The molecule has 0 radical (unpaired) electrons. The molecule has 0 bridgehead atoms. The Morgan fingerprint density at radius 3 is 2.39 bits per heavy atom. The summed E-state index contributed by atoms with van der Waals surface area (Å²) in [6.45, 7) is 13.4. The third-order valence-electron chi connectivity index (χ3n) is 3.67. The maximum Gasteiger partial charge on any atom is 0.410 e. The number of hydrogen-bond acceptors (Lipinski definition) is 5. The van der Waals surface area contributed by atoms with Gasteiger partial charge < -0.3 is 14.2 Å². The number of nitrogens with zero attached hydrogens (tertiary/aromatic N) is 5. The Bertz CT molecular complexity index is 594. The van der Waals surface area contributed by atoms with E-state index in [0.29, 0.717) is 25.8 Å². The molecule has 1 saturated heterocycles. The van der Waals surface area contributed by atoms with Gasteiger partial charge in [-0.25, -0.2) is 9.48 Å². The second-order valence-corrected chi connectivity index (χ2v) is 7.51. The summed E-state index contributed by atoms with van der Waals surface area (Å²) in [5, 5.41) is 4.36. The molecule has 1 aliphatic rings. The fraction of sp³-hybridized carbons (Fsp3) is 0.800. The number of amides is 1. The monoisotopic (exact) mass is 341 g/mol. The van der Waals surface area contributed by atoms with Gasteiger partial charge in [-0.05, 0) is 46.8 Å². The van der Waals surface area contributed by atoms with E-state index in [-0.39, 0.29) is 6.09 Å². The van der Waals surface area contributed by atoms with Gasteiger partial charge in [0.05, 0.1) is 6.67 Å². The Balaban J connectivity index is 1.88. The summed E-state index contributed by atoms with van der Waals surface area (Å²) in [6.07, 6.45) is 1.54. The summed E-state index contributed by atoms with van der Waals surface area (Å²) in [4.78, 5) is 16.1. The minimum atomic E-state index is -0.453. The van der Waals surface area contributed by atoms with Gasteiger partial charge in [0.1, 0.15) is 11.9 Å². The van der Waals surface area contributed by atoms with Crippen LogP contribution < -0.4 is 0 Å². The highest BCUT2D eigenvalue weighted by atomic mass is 32.1. The van der Waals surface area contributed by atoms with Crippen LogP contribution in [0.25, 0.3) is 0 Å². The maximum atomic E-state index is 12.1. The lowest BCUT2D eigenvalue weighted by molar-refractivity contribution is 0.0113. The summed E-state index contributed by atoms with van der Waals surface area (Å²) >= 11 is 5.45. The molecule has 0 atom stereocenters. The van der Waals surface area contributed by atoms with Crippen LogP contribution in [0.3, 0.4) is 0 Å². The van der Waals surface area contributed by atoms with E-state index in [2.05, 4.69) is 23.8 Å². The van der Waals surface area contributed by atoms with Gasteiger partial charge in [-0.3, -0.25) is 4.90 Å². The van der Waals surface area contributed by atoms with E-state index in [1.807, 2.05) is 30.0 Å². The quantitative estimate of drug-likeness (QED) is 0.791. The van der Waals surface area contributed by atoms with Crippen LogP contribution in [-0.2, 0) is 11.4 Å². The van der Waals surface area contributed by atoms with Gasteiger partial charge in [-0.2, -0.15) is 5.10 Å². The molecule has 1 aromatic rings. The van der Waals surface area contributed by atoms with E-state index in [0.717, 1.165) is 17.9 Å². The molecule has 2 rings (SSSR count). The van der Waals surface area contributed by atoms with Crippen molar-refractivity contribution in [3.05, 3.63) is 11.1 Å². The van der Waals surface area contributed by atoms with E-state index >= 15 is 0 Å². The standard InChI is InChI=1S/C15H27N5O2S/c1-12(2)19-10-16-20(13(19)23)11-17-6-8-18(9-7-17)14(21)22-15(3,4)5/h10,12H,6-9,11H2,1-5H3. The van der Waals surface area contributed by atoms with Crippen molar-refractivity contribution < 1.29 is 9.53 Å². The van der Waals surface area contributed by atoms with Crippen molar-refractivity contribution >= 4 is 18.3 Å². The molecule has 0 aromatic carbocycles. The summed E-state index contributed by atoms with van der Waals surface area (Å²) < 4.78 is 9.95. The molecule has 0 aliphatic carbocycles. The molecular formula is C15H27N5O2S. The average molecular weight is 341 g/mol. The fourth-order valence-electron chi connectivity index (χ4n) is 2.39. The molecule has 8 heteroatoms. The van der Waals surface area contributed by atoms with Crippen LogP contribution in [0.2, 0.25) is 0 Å². The smallest absolute Gasteiger partial charge is 0.410 e. The molecule has 130 valence electrons. The van der Waals surface area contributed by atoms with E-state index in [1.54, 1.807) is 11.2 Å². The van der Waals surface area contributed by atoms with Gasteiger partial charge in [0.2, 0.25) is 0 Å². The number of aromatic nitrogens is 3. The molecular weight excluding hydrogens is 314 g/mol. The van der Waals surface area contributed by atoms with Crippen LogP contribution in [0, 0.1) is 4.77 Å². The van der Waals surface area contributed by atoms with Crippen LogP contribution >= 0.6 is 12.2 Å². The maximum absolute atomic E-state index is 12.1. The van der Waals surface area contributed by atoms with E-state index in [1.165, 1.54) is 0 Å². The van der Waals surface area contributed by atoms with Gasteiger partial charge in [-0.15, -0.1) is 0 Å². The van der Waals surface area contributed by atoms with E-state index in [9.17, 15) is 4.79 Å². The molecule has 0 spiro atoms. The Hall–Kier alpha value is -1.41. The highest BCUT2D eigenvalue weighted by Crippen LogP contribution is 2.12. The number of hydrogen-bond donors (Lipinski definition) is 0. The molecule has 7 nitrogen and oxygen atoms in total. The zero-order valence-corrected chi connectivity index (χ0v) is 15.5. The molecule has 1 amide bonds. The predicted octanol–water partition coefficient (Wildman–Crippen LogP) is 2.51. The van der Waals surface area contributed by atoms with Gasteiger partial charge in [0.25, 0.3) is 0 Å². The Morgan fingerprint density at radius 1 is 1.30 bits per heavy atom. The summed E-state index contributed by atoms with van der Waals surface area (Å²) in [6, 6.07) is 0.306. The molecule has 23 heavy (non-hydrogen) atoms. The molecule has 1 fully saturated rings. The highest BCUT2D eigenvalue weighted by Gasteiger charge is 2.26. The van der Waals surface area contributed by atoms with Gasteiger partial charge in [-0.1, -0.05) is 0 Å². The number of piperazine rings is 1. The third-order valence-corrected chi connectivity index (χ3v) is 4.09. The lowest BCUT2D eigenvalue weighted by Gasteiger charge is -2.35. The number of carbonyl (C=O) groups excluding carboxylic acids is 1. The molecule has 1 aliphatic heterocycles. The van der Waals surface area contributed by atoms with E-state index < -0.39 is 5.60 Å². The van der Waals surface area contributed by atoms with Crippen molar-refractivity contribution in [2.24, 2.45) is 0 Å². The molecule has 0 N–H and O–H groups in total. The summed E-state index contributed by atoms with van der Waals surface area (Å²) in [7, 11) is 0. The fourth-order valence-corrected chi connectivity index (χ4v) is 2.75. The zero-order valence-electron chi connectivity index (χ0n) is 14.7. The molecule has 1 aromatic heterocycles. The lowest BCUT2D eigenvalue weighted by Crippen LogP contribution is -2.50. The first-order valence-corrected chi connectivity index (χ1v) is 8.42. The van der Waals surface area contributed by atoms with Gasteiger partial charge >= 0.3 is 6.09 Å². The molecule has 0 saturated carbocycles. The summed E-state index contributed by atoms with van der Waals surface area (Å²) in [5.41, 5.74) is -0.453. The second kappa shape index (κ2) is 7.00. The van der Waals surface area contributed by atoms with Crippen molar-refractivity contribution in [1.82, 2.24) is 24.1 Å². The van der Waals surface area contributed by atoms with Crippen LogP contribution in [0.15, 0.2) is 6.33 Å². The van der Waals surface area contributed by atoms with Crippen LogP contribution in [0.1, 0.15) is 40.7 Å². The van der Waals surface area contributed by atoms with Crippen molar-refractivity contribution in [3.8, 4) is 0 Å². The predicted molar refractivity (Wildman–Crippen MR) is 90.8 cm³/mol. The van der Waals surface area contributed by atoms with Gasteiger partial charge in [0, 0.05) is 32.2 Å². The zero-order chi connectivity index (χ0) is 17.2. The van der Waals surface area contributed by atoms with Crippen molar-refractivity contribution in [2.75, 3.05) is 26.2 Å². The summed E-state index contributed by atoms with van der Waals surface area (Å²) in [5.74, 6) is 0. The topological polar surface area (TPSA) is 55.5 Å². The molecule has 2 heterocycles. The Morgan fingerprint density at radius 2 is 1.91 bits per heavy atom. The first-order valence-electron chi connectivity index (χ1n) is 8.01. The minimum Gasteiger partial charge on any atom is -0.444 e. The van der Waals surface area contributed by atoms with E-state index in [4.69, 9.17) is 17.0 Å². The lowest BCUT2D eigenvalue weighted by atomic mass is 10.2. The van der Waals surface area contributed by atoms with Crippen LogP contribution in [0.4, 0.5) is 4.79 Å². The van der Waals surface area contributed by atoms with Gasteiger partial charge in [0.15, 0.2) is 4.77 Å². The minimum absolute atomic E-state index is 0.238. The largest absolute Gasteiger partial charge is 0.444 e. The molecule has 0 unspecified atom stereocenters. The number of rotatable bonds is 3. The van der Waals surface area contributed by atoms with Crippen LogP contribution in [0.5, 0.6) is 0 Å². The van der Waals surface area contributed by atoms with Crippen molar-refractivity contribution in [1.29, 1.82) is 0 Å². The van der Waals surface area contributed by atoms with Crippen LogP contribution in [-0.4, -0.2) is 62.0 Å². The third kappa shape index (κ3) is 4.78. The highest BCUT2D eigenvalue weighted by molar-refractivity contribution is 7.71. The normalized spacial score (nSPS) is 16.9. The average Bonchev–Trinajstić information content (AvgIpc) is 2.79. The first-order chi connectivity index (χ1) is 10.7. The first kappa shape index (κ1) is 17.9. The second-order valence-electron chi connectivity index (χ2n) is 7.14. The van der Waals surface area contributed by atoms with Crippen molar-refractivity contribution in [2.45, 2.75) is 52.9 Å². The Labute approximate surface area is 142 Å².